The predicted molar refractivity (Wildman–Crippen MR) is 170 cm³/mol. The smallest absolute Gasteiger partial charge is 0.329 e. The number of nitrogens with one attached hydrogen (secondary N) is 3. The van der Waals surface area contributed by atoms with E-state index in [1.54, 1.807) is 34.6 Å². The number of esters is 1. The Bertz CT molecular complexity index is 1350. The van der Waals surface area contributed by atoms with Crippen molar-refractivity contribution in [3.8, 4) is 0 Å². The molecule has 3 aliphatic rings. The first-order valence-corrected chi connectivity index (χ1v) is 16.2. The van der Waals surface area contributed by atoms with Crippen molar-refractivity contribution in [3.05, 3.63) is 35.9 Å². The van der Waals surface area contributed by atoms with E-state index in [4.69, 9.17) is 10.5 Å². The van der Waals surface area contributed by atoms with Gasteiger partial charge in [-0.1, -0.05) is 91.6 Å². The highest BCUT2D eigenvalue weighted by molar-refractivity contribution is 6.37. The summed E-state index contributed by atoms with van der Waals surface area (Å²) in [6.45, 7) is 13.4. The Morgan fingerprint density at radius 2 is 1.63 bits per heavy atom. The maximum Gasteiger partial charge on any atom is 0.329 e. The molecular formula is C34H49N5O7. The van der Waals surface area contributed by atoms with Gasteiger partial charge < -0.3 is 31.3 Å². The molecule has 2 saturated carbocycles. The molecule has 0 aromatic heterocycles. The van der Waals surface area contributed by atoms with Crippen LogP contribution in [0.25, 0.3) is 0 Å². The van der Waals surface area contributed by atoms with Gasteiger partial charge in [0.05, 0.1) is 6.04 Å². The zero-order chi connectivity index (χ0) is 34.1. The number of nitrogens with zero attached hydrogens (tertiary/aromatic N) is 1. The third-order valence-corrected chi connectivity index (χ3v) is 9.72. The Kier molecular flexibility index (Phi) is 10.2. The van der Waals surface area contributed by atoms with Crippen LogP contribution in [0.4, 0.5) is 4.79 Å². The first-order chi connectivity index (χ1) is 21.4. The summed E-state index contributed by atoms with van der Waals surface area (Å²) in [5.74, 6) is -3.68. The molecule has 5 N–H and O–H groups in total. The van der Waals surface area contributed by atoms with Crippen LogP contribution in [0, 0.1) is 34.5 Å². The molecule has 2 aliphatic carbocycles. The SMILES string of the molecule is CC(C)[C@H](NC(=O)N[C@H](C(=O)N1C[C@H]2[C@@H]([C@H]1C(=O)NC(CC1CC1)C(=O)C(N)=O)C2(C)C)C(C)(C)C)C(=O)OCc1ccccc1. The molecule has 1 aromatic rings. The summed E-state index contributed by atoms with van der Waals surface area (Å²) in [5.41, 5.74) is 5.12. The van der Waals surface area contributed by atoms with Crippen LogP contribution in [0.3, 0.4) is 0 Å². The molecule has 0 bridgehead atoms. The van der Waals surface area contributed by atoms with Crippen LogP contribution < -0.4 is 21.7 Å². The van der Waals surface area contributed by atoms with Gasteiger partial charge in [-0.25, -0.2) is 9.59 Å². The summed E-state index contributed by atoms with van der Waals surface area (Å²) in [6, 6.07) is 4.52. The van der Waals surface area contributed by atoms with Gasteiger partial charge in [0.2, 0.25) is 17.6 Å². The summed E-state index contributed by atoms with van der Waals surface area (Å²) in [4.78, 5) is 80.1. The van der Waals surface area contributed by atoms with E-state index in [2.05, 4.69) is 16.0 Å². The summed E-state index contributed by atoms with van der Waals surface area (Å²) >= 11 is 0. The number of fused-ring (bicyclic) bond motifs is 1. The van der Waals surface area contributed by atoms with E-state index in [0.29, 0.717) is 13.0 Å². The molecule has 1 heterocycles. The van der Waals surface area contributed by atoms with Gasteiger partial charge in [0.15, 0.2) is 0 Å². The molecule has 12 nitrogen and oxygen atoms in total. The Morgan fingerprint density at radius 1 is 1.00 bits per heavy atom. The minimum atomic E-state index is -1.11. The van der Waals surface area contributed by atoms with Crippen LogP contribution in [0.2, 0.25) is 0 Å². The lowest BCUT2D eigenvalue weighted by molar-refractivity contribution is -0.148. The minimum Gasteiger partial charge on any atom is -0.459 e. The molecule has 6 atom stereocenters. The van der Waals surface area contributed by atoms with Crippen molar-refractivity contribution in [2.24, 2.45) is 40.2 Å². The summed E-state index contributed by atoms with van der Waals surface area (Å²) in [7, 11) is 0. The first kappa shape index (κ1) is 34.9. The van der Waals surface area contributed by atoms with Gasteiger partial charge in [0, 0.05) is 6.54 Å². The zero-order valence-corrected chi connectivity index (χ0v) is 27.9. The van der Waals surface area contributed by atoms with Gasteiger partial charge >= 0.3 is 12.0 Å². The molecule has 3 fully saturated rings. The fourth-order valence-electron chi connectivity index (χ4n) is 6.61. The molecule has 46 heavy (non-hydrogen) atoms. The number of hydrogen-bond donors (Lipinski definition) is 4. The number of primary amides is 1. The third kappa shape index (κ3) is 7.87. The maximum absolute atomic E-state index is 14.2. The number of urea groups is 1. The number of amides is 5. The third-order valence-electron chi connectivity index (χ3n) is 9.72. The number of carbonyl (C=O) groups is 6. The average molecular weight is 640 g/mol. The maximum atomic E-state index is 14.2. The summed E-state index contributed by atoms with van der Waals surface area (Å²) < 4.78 is 5.47. The lowest BCUT2D eigenvalue weighted by atomic mass is 9.85. The van der Waals surface area contributed by atoms with E-state index in [-0.39, 0.29) is 35.7 Å². The standard InChI is InChI=1S/C34H49N5O7/c1-18(2)24(31(44)46-17-20-11-9-8-10-12-20)37-32(45)38-27(33(3,4)5)30(43)39-16-21-23(34(21,6)7)25(39)29(42)36-22(15-19-13-14-19)26(40)28(35)41/h8-12,18-19,21-25,27H,13-17H2,1-7H3,(H2,35,41)(H,36,42)(H2,37,38,45)/t21-,22?,23-,24-,25-,27+/m0/s1. The van der Waals surface area contributed by atoms with Crippen molar-refractivity contribution in [2.45, 2.75) is 98.5 Å². The van der Waals surface area contributed by atoms with E-state index in [9.17, 15) is 28.8 Å². The number of rotatable bonds is 13. The molecule has 1 aromatic carbocycles. The van der Waals surface area contributed by atoms with E-state index >= 15 is 0 Å². The number of ether oxygens (including phenoxy) is 1. The topological polar surface area (TPSA) is 177 Å². The van der Waals surface area contributed by atoms with Crippen molar-refractivity contribution >= 4 is 35.5 Å². The lowest BCUT2D eigenvalue weighted by Gasteiger charge is -2.38. The van der Waals surface area contributed by atoms with E-state index < -0.39 is 65.1 Å². The number of piperidine rings is 1. The fraction of sp³-hybridized carbons (Fsp3) is 0.647. The van der Waals surface area contributed by atoms with Crippen LogP contribution in [-0.4, -0.2) is 71.1 Å². The molecule has 1 saturated heterocycles. The number of benzene rings is 1. The minimum absolute atomic E-state index is 0.0545. The number of ketones is 1. The normalized spacial score (nSPS) is 23.4. The van der Waals surface area contributed by atoms with Crippen molar-refractivity contribution < 1.29 is 33.5 Å². The van der Waals surface area contributed by atoms with Gasteiger partial charge in [-0.2, -0.15) is 0 Å². The molecule has 4 rings (SSSR count). The monoisotopic (exact) mass is 639 g/mol. The van der Waals surface area contributed by atoms with Crippen LogP contribution in [-0.2, 0) is 35.3 Å². The van der Waals surface area contributed by atoms with E-state index in [0.717, 1.165) is 18.4 Å². The van der Waals surface area contributed by atoms with Crippen LogP contribution in [0.1, 0.15) is 73.3 Å². The number of hydrogen-bond acceptors (Lipinski definition) is 7. The van der Waals surface area contributed by atoms with Crippen molar-refractivity contribution in [1.82, 2.24) is 20.9 Å². The van der Waals surface area contributed by atoms with Crippen LogP contribution >= 0.6 is 0 Å². The second-order valence-electron chi connectivity index (χ2n) is 15.1. The highest BCUT2D eigenvalue weighted by Crippen LogP contribution is 2.65. The highest BCUT2D eigenvalue weighted by atomic mass is 16.5. The molecule has 252 valence electrons. The van der Waals surface area contributed by atoms with Crippen LogP contribution in [0.5, 0.6) is 0 Å². The molecule has 0 radical (unpaired) electrons. The molecule has 0 spiro atoms. The van der Waals surface area contributed by atoms with E-state index in [1.807, 2.05) is 44.2 Å². The van der Waals surface area contributed by atoms with Gasteiger partial charge in [-0.3, -0.25) is 19.2 Å². The Morgan fingerprint density at radius 3 is 2.17 bits per heavy atom. The highest BCUT2D eigenvalue weighted by Gasteiger charge is 2.70. The molecule has 1 unspecified atom stereocenters. The molecule has 12 heteroatoms. The molecular weight excluding hydrogens is 590 g/mol. The fourth-order valence-corrected chi connectivity index (χ4v) is 6.61. The molecule has 5 amide bonds. The van der Waals surface area contributed by atoms with Crippen molar-refractivity contribution in [1.29, 1.82) is 0 Å². The average Bonchev–Trinajstić information content (AvgIpc) is 3.83. The summed E-state index contributed by atoms with van der Waals surface area (Å²) in [5, 5.41) is 8.20. The predicted octanol–water partition coefficient (Wildman–Crippen LogP) is 2.29. The van der Waals surface area contributed by atoms with Gasteiger partial charge in [-0.05, 0) is 46.5 Å². The second kappa shape index (κ2) is 13.4. The number of nitrogens with two attached hydrogens (primary N) is 1. The van der Waals surface area contributed by atoms with Crippen molar-refractivity contribution in [2.75, 3.05) is 6.54 Å². The van der Waals surface area contributed by atoms with Gasteiger partial charge in [-0.15, -0.1) is 0 Å². The number of Topliss-reactive ketones (excluding diaryl/α,β-unsaturated/α-hetero) is 1. The van der Waals surface area contributed by atoms with Gasteiger partial charge in [0.25, 0.3) is 5.91 Å². The number of carbonyl (C=O) groups excluding carboxylic acids is 6. The second-order valence-corrected chi connectivity index (χ2v) is 15.1. The largest absolute Gasteiger partial charge is 0.459 e. The lowest BCUT2D eigenvalue weighted by Crippen LogP contribution is -2.62. The molecule has 1 aliphatic heterocycles. The summed E-state index contributed by atoms with van der Waals surface area (Å²) in [6.07, 6.45) is 2.14. The van der Waals surface area contributed by atoms with Gasteiger partial charge in [0.1, 0.15) is 24.7 Å². The quantitative estimate of drug-likeness (QED) is 0.189. The zero-order valence-electron chi connectivity index (χ0n) is 27.9. The Balaban J connectivity index is 1.48. The first-order valence-electron chi connectivity index (χ1n) is 16.2. The Hall–Kier alpha value is -3.96. The number of likely N-dealkylation sites (tertiary alicyclic amines) is 1. The van der Waals surface area contributed by atoms with Crippen LogP contribution in [0.15, 0.2) is 30.3 Å². The van der Waals surface area contributed by atoms with E-state index in [1.165, 1.54) is 4.90 Å². The van der Waals surface area contributed by atoms with Crippen molar-refractivity contribution in [3.63, 3.8) is 0 Å². The Labute approximate surface area is 270 Å².